The third kappa shape index (κ3) is 4.86. The number of anilines is 1. The van der Waals surface area contributed by atoms with Crippen LogP contribution in [0.3, 0.4) is 0 Å². The van der Waals surface area contributed by atoms with Gasteiger partial charge in [-0.25, -0.2) is 10.1 Å². The molecule has 1 atom stereocenters. The van der Waals surface area contributed by atoms with Crippen LogP contribution in [-0.2, 0) is 9.53 Å². The standard InChI is InChI=1S/C22H29N7O2S/c1-15(2)29-19(9-10-23-29)24-20(30)17(4)32-22-26-25-21(27-11-13-31-14-12-27)28(22)18-7-5-16(3)6-8-18/h5-8,10,15,17H,9,11-14H2,1-4H3/p+1. The van der Waals surface area contributed by atoms with E-state index in [2.05, 4.69) is 56.7 Å². The van der Waals surface area contributed by atoms with Gasteiger partial charge in [0.15, 0.2) is 5.16 Å². The second kappa shape index (κ2) is 9.83. The van der Waals surface area contributed by atoms with E-state index in [1.54, 1.807) is 0 Å². The van der Waals surface area contributed by atoms with Crippen molar-refractivity contribution in [3.8, 4) is 5.69 Å². The van der Waals surface area contributed by atoms with Gasteiger partial charge in [-0.05, 0) is 39.8 Å². The number of hydrogen-bond donors (Lipinski definition) is 1. The number of aryl methyl sites for hydroxylation is 1. The zero-order valence-electron chi connectivity index (χ0n) is 19.0. The molecule has 3 heterocycles. The molecule has 2 aliphatic rings. The number of carbonyl (C=O) groups is 1. The van der Waals surface area contributed by atoms with Crippen LogP contribution < -0.4 is 10.2 Å². The molecular formula is C22H30N7O2S+. The summed E-state index contributed by atoms with van der Waals surface area (Å²) in [6.07, 6.45) is 2.44. The number of amidine groups is 1. The normalized spacial score (nSPS) is 17.3. The lowest BCUT2D eigenvalue weighted by Crippen LogP contribution is -2.40. The van der Waals surface area contributed by atoms with Crippen LogP contribution in [0.25, 0.3) is 5.69 Å². The number of benzene rings is 1. The van der Waals surface area contributed by atoms with Gasteiger partial charge in [0.1, 0.15) is 11.3 Å². The Morgan fingerprint density at radius 3 is 2.56 bits per heavy atom. The zero-order chi connectivity index (χ0) is 22.7. The summed E-state index contributed by atoms with van der Waals surface area (Å²) in [6, 6.07) is 8.45. The van der Waals surface area contributed by atoms with Gasteiger partial charge in [-0.2, -0.15) is 0 Å². The van der Waals surface area contributed by atoms with Gasteiger partial charge in [-0.15, -0.1) is 14.9 Å². The van der Waals surface area contributed by atoms with Gasteiger partial charge in [0, 0.05) is 13.1 Å². The van der Waals surface area contributed by atoms with Gasteiger partial charge in [-0.3, -0.25) is 4.57 Å². The number of hydrogen-bond acceptors (Lipinski definition) is 7. The number of hydrazone groups is 1. The Kier molecular flexibility index (Phi) is 6.90. The summed E-state index contributed by atoms with van der Waals surface area (Å²) >= 11 is 1.40. The third-order valence-corrected chi connectivity index (χ3v) is 6.42. The molecular weight excluding hydrogens is 426 g/mol. The molecule has 1 fully saturated rings. The highest BCUT2D eigenvalue weighted by Crippen LogP contribution is 2.30. The maximum Gasteiger partial charge on any atom is 0.320 e. The quantitative estimate of drug-likeness (QED) is 0.530. The average molecular weight is 457 g/mol. The van der Waals surface area contributed by atoms with E-state index in [-0.39, 0.29) is 17.2 Å². The van der Waals surface area contributed by atoms with Crippen molar-refractivity contribution in [2.45, 2.75) is 50.6 Å². The molecule has 0 spiro atoms. The molecule has 0 radical (unpaired) electrons. The van der Waals surface area contributed by atoms with Gasteiger partial charge in [0.25, 0.3) is 5.84 Å². The number of nitrogens with zero attached hydrogens (tertiary/aromatic N) is 6. The molecule has 10 heteroatoms. The molecule has 0 saturated carbocycles. The molecule has 4 rings (SSSR count). The first-order chi connectivity index (χ1) is 15.4. The fourth-order valence-corrected chi connectivity index (χ4v) is 4.48. The summed E-state index contributed by atoms with van der Waals surface area (Å²) < 4.78 is 9.38. The van der Waals surface area contributed by atoms with Crippen LogP contribution in [0.1, 0.15) is 32.8 Å². The van der Waals surface area contributed by atoms with Crippen molar-refractivity contribution in [1.82, 2.24) is 20.1 Å². The predicted octanol–water partition coefficient (Wildman–Crippen LogP) is 2.22. The van der Waals surface area contributed by atoms with Crippen LogP contribution in [0.4, 0.5) is 5.95 Å². The number of thioether (sulfide) groups is 1. The van der Waals surface area contributed by atoms with E-state index in [1.165, 1.54) is 17.3 Å². The molecule has 1 aromatic heterocycles. The molecule has 0 aliphatic carbocycles. The number of ether oxygens (including phenoxy) is 1. The van der Waals surface area contributed by atoms with Crippen LogP contribution in [0.2, 0.25) is 0 Å². The minimum absolute atomic E-state index is 0.0764. The minimum atomic E-state index is -0.358. The monoisotopic (exact) mass is 456 g/mol. The lowest BCUT2D eigenvalue weighted by atomic mass is 10.2. The summed E-state index contributed by atoms with van der Waals surface area (Å²) in [5.41, 5.74) is 2.16. The molecule has 9 nitrogen and oxygen atoms in total. The zero-order valence-corrected chi connectivity index (χ0v) is 19.8. The summed E-state index contributed by atoms with van der Waals surface area (Å²) in [6.45, 7) is 10.9. The lowest BCUT2D eigenvalue weighted by Gasteiger charge is -2.28. The van der Waals surface area contributed by atoms with E-state index in [9.17, 15) is 4.79 Å². The molecule has 1 aromatic carbocycles. The maximum atomic E-state index is 13.0. The molecule has 32 heavy (non-hydrogen) atoms. The Morgan fingerprint density at radius 1 is 1.16 bits per heavy atom. The second-order valence-corrected chi connectivity index (χ2v) is 9.50. The van der Waals surface area contributed by atoms with E-state index in [0.717, 1.165) is 30.6 Å². The molecule has 0 bridgehead atoms. The van der Waals surface area contributed by atoms with Crippen molar-refractivity contribution in [1.29, 1.82) is 0 Å². The van der Waals surface area contributed by atoms with Gasteiger partial charge in [-0.1, -0.05) is 34.6 Å². The molecule has 1 amide bonds. The summed E-state index contributed by atoms with van der Waals surface area (Å²) in [5, 5.41) is 16.7. The first kappa shape index (κ1) is 22.5. The van der Waals surface area contributed by atoms with E-state index >= 15 is 0 Å². The van der Waals surface area contributed by atoms with Crippen molar-refractivity contribution in [2.24, 2.45) is 5.10 Å². The van der Waals surface area contributed by atoms with Crippen molar-refractivity contribution in [2.75, 3.05) is 31.2 Å². The smallest absolute Gasteiger partial charge is 0.320 e. The van der Waals surface area contributed by atoms with Gasteiger partial charge in [0.2, 0.25) is 5.95 Å². The summed E-state index contributed by atoms with van der Waals surface area (Å²) in [7, 11) is 0. The van der Waals surface area contributed by atoms with E-state index < -0.39 is 0 Å². The minimum Gasteiger partial charge on any atom is -0.378 e. The van der Waals surface area contributed by atoms with Gasteiger partial charge < -0.3 is 9.64 Å². The number of aromatic nitrogens is 3. The molecule has 2 aliphatic heterocycles. The summed E-state index contributed by atoms with van der Waals surface area (Å²) in [4.78, 5) is 15.1. The highest BCUT2D eigenvalue weighted by atomic mass is 32.2. The second-order valence-electron chi connectivity index (χ2n) is 8.19. The van der Waals surface area contributed by atoms with Gasteiger partial charge in [0.05, 0.1) is 31.5 Å². The first-order valence-corrected chi connectivity index (χ1v) is 11.8. The van der Waals surface area contributed by atoms with Crippen molar-refractivity contribution < 1.29 is 14.2 Å². The lowest BCUT2D eigenvalue weighted by molar-refractivity contribution is -0.562. The SMILES string of the molecule is Cc1ccc(-n2c(SC(C)C(=O)NC3=[N+](C(C)C)N=CC3)nnc2N2CCOCC2)cc1. The number of carbonyl (C=O) groups excluding carboxylic acids is 1. The Morgan fingerprint density at radius 2 is 1.88 bits per heavy atom. The van der Waals surface area contributed by atoms with E-state index in [0.29, 0.717) is 24.8 Å². The molecule has 2 aromatic rings. The van der Waals surface area contributed by atoms with Crippen molar-refractivity contribution in [3.63, 3.8) is 0 Å². The Labute approximate surface area is 192 Å². The number of nitrogens with one attached hydrogen (secondary N) is 1. The van der Waals surface area contributed by atoms with Crippen molar-refractivity contribution in [3.05, 3.63) is 29.8 Å². The predicted molar refractivity (Wildman–Crippen MR) is 126 cm³/mol. The highest BCUT2D eigenvalue weighted by molar-refractivity contribution is 8.00. The Bertz CT molecular complexity index is 1020. The summed E-state index contributed by atoms with van der Waals surface area (Å²) in [5.74, 6) is 1.51. The first-order valence-electron chi connectivity index (χ1n) is 10.9. The number of amides is 1. The highest BCUT2D eigenvalue weighted by Gasteiger charge is 2.29. The molecule has 1 N–H and O–H groups in total. The molecule has 1 unspecified atom stereocenters. The Balaban J connectivity index is 1.57. The van der Waals surface area contributed by atoms with E-state index in [1.807, 2.05) is 36.2 Å². The fourth-order valence-electron chi connectivity index (χ4n) is 3.61. The van der Waals surface area contributed by atoms with Crippen LogP contribution in [0.15, 0.2) is 34.5 Å². The largest absolute Gasteiger partial charge is 0.378 e. The van der Waals surface area contributed by atoms with Crippen LogP contribution in [0, 0.1) is 6.92 Å². The molecule has 170 valence electrons. The maximum absolute atomic E-state index is 13.0. The molecule has 1 saturated heterocycles. The third-order valence-electron chi connectivity index (χ3n) is 5.38. The average Bonchev–Trinajstić information content (AvgIpc) is 3.42. The topological polar surface area (TPSA) is 87.7 Å². The van der Waals surface area contributed by atoms with Crippen molar-refractivity contribution >= 4 is 35.7 Å². The van der Waals surface area contributed by atoms with Crippen LogP contribution in [-0.4, -0.2) is 75.0 Å². The van der Waals surface area contributed by atoms with E-state index in [4.69, 9.17) is 4.74 Å². The van der Waals surface area contributed by atoms with Gasteiger partial charge >= 0.3 is 5.91 Å². The van der Waals surface area contributed by atoms with Crippen LogP contribution in [0.5, 0.6) is 0 Å². The number of rotatable bonds is 6. The number of morpholine rings is 1. The van der Waals surface area contributed by atoms with Crippen LogP contribution >= 0.6 is 11.8 Å². The Hall–Kier alpha value is -2.72. The fraction of sp³-hybridized carbons (Fsp3) is 0.500.